The zero-order valence-corrected chi connectivity index (χ0v) is 11.7. The molecule has 0 spiro atoms. The standard InChI is InChI=1S/C12H21NS2/c1-10(9-15-12(2,3)4)13-8-11-6-5-7-14-11/h5-7,10,13H,8-9H2,1-4H3. The van der Waals surface area contributed by atoms with E-state index in [0.717, 1.165) is 6.54 Å². The van der Waals surface area contributed by atoms with Gasteiger partial charge in [-0.3, -0.25) is 0 Å². The van der Waals surface area contributed by atoms with Gasteiger partial charge in [-0.15, -0.1) is 11.3 Å². The molecule has 1 aromatic heterocycles. The first-order chi connectivity index (χ1) is 6.97. The second-order valence-corrected chi connectivity index (χ2v) is 7.66. The highest BCUT2D eigenvalue weighted by molar-refractivity contribution is 8.00. The molecule has 3 heteroatoms. The fraction of sp³-hybridized carbons (Fsp3) is 0.667. The number of rotatable bonds is 5. The molecule has 1 N–H and O–H groups in total. The number of hydrogen-bond acceptors (Lipinski definition) is 3. The molecule has 0 saturated heterocycles. The monoisotopic (exact) mass is 243 g/mol. The summed E-state index contributed by atoms with van der Waals surface area (Å²) in [5, 5.41) is 5.68. The van der Waals surface area contributed by atoms with E-state index in [2.05, 4.69) is 50.5 Å². The van der Waals surface area contributed by atoms with Crippen LogP contribution in [0.5, 0.6) is 0 Å². The van der Waals surface area contributed by atoms with E-state index in [-0.39, 0.29) is 0 Å². The van der Waals surface area contributed by atoms with E-state index < -0.39 is 0 Å². The van der Waals surface area contributed by atoms with Crippen molar-refractivity contribution in [3.8, 4) is 0 Å². The summed E-state index contributed by atoms with van der Waals surface area (Å²) in [6.07, 6.45) is 0. The maximum atomic E-state index is 3.55. The Hall–Kier alpha value is 0.01000. The molecule has 86 valence electrons. The van der Waals surface area contributed by atoms with Gasteiger partial charge in [0.25, 0.3) is 0 Å². The molecule has 1 nitrogen and oxygen atoms in total. The van der Waals surface area contributed by atoms with Crippen LogP contribution in [0, 0.1) is 0 Å². The van der Waals surface area contributed by atoms with Crippen LogP contribution in [0.1, 0.15) is 32.6 Å². The van der Waals surface area contributed by atoms with Crippen LogP contribution in [0.3, 0.4) is 0 Å². The van der Waals surface area contributed by atoms with Crippen molar-refractivity contribution in [2.24, 2.45) is 0 Å². The van der Waals surface area contributed by atoms with E-state index in [0.29, 0.717) is 10.8 Å². The molecule has 0 aliphatic carbocycles. The average molecular weight is 243 g/mol. The Balaban J connectivity index is 2.16. The molecule has 0 radical (unpaired) electrons. The van der Waals surface area contributed by atoms with Crippen LogP contribution in [0.2, 0.25) is 0 Å². The van der Waals surface area contributed by atoms with Gasteiger partial charge in [-0.25, -0.2) is 0 Å². The first kappa shape index (κ1) is 13.1. The topological polar surface area (TPSA) is 12.0 Å². The van der Waals surface area contributed by atoms with Crippen molar-refractivity contribution in [3.05, 3.63) is 22.4 Å². The molecule has 1 atom stereocenters. The van der Waals surface area contributed by atoms with Gasteiger partial charge in [-0.1, -0.05) is 26.8 Å². The minimum Gasteiger partial charge on any atom is -0.309 e. The van der Waals surface area contributed by atoms with Gasteiger partial charge in [0.2, 0.25) is 0 Å². The smallest absolute Gasteiger partial charge is 0.0302 e. The van der Waals surface area contributed by atoms with Crippen LogP contribution in [0.4, 0.5) is 0 Å². The van der Waals surface area contributed by atoms with E-state index in [1.165, 1.54) is 10.6 Å². The van der Waals surface area contributed by atoms with Crippen LogP contribution in [0.15, 0.2) is 17.5 Å². The Morgan fingerprint density at radius 3 is 2.73 bits per heavy atom. The molecule has 1 rings (SSSR count). The van der Waals surface area contributed by atoms with Gasteiger partial charge in [0, 0.05) is 28.0 Å². The third-order valence-electron chi connectivity index (χ3n) is 1.97. The molecule has 1 aromatic rings. The van der Waals surface area contributed by atoms with E-state index in [4.69, 9.17) is 0 Å². The lowest BCUT2D eigenvalue weighted by atomic mass is 10.3. The summed E-state index contributed by atoms with van der Waals surface area (Å²) < 4.78 is 0.374. The zero-order valence-electron chi connectivity index (χ0n) is 10.0. The Bertz CT molecular complexity index is 262. The Morgan fingerprint density at radius 1 is 1.47 bits per heavy atom. The predicted molar refractivity (Wildman–Crippen MR) is 72.8 cm³/mol. The molecule has 0 saturated carbocycles. The van der Waals surface area contributed by atoms with Crippen LogP contribution < -0.4 is 5.32 Å². The summed E-state index contributed by atoms with van der Waals surface area (Å²) in [6, 6.07) is 4.87. The molecule has 0 amide bonds. The summed E-state index contributed by atoms with van der Waals surface area (Å²) in [4.78, 5) is 1.42. The number of thiophene rings is 1. The SMILES string of the molecule is CC(CSC(C)(C)C)NCc1cccs1. The highest BCUT2D eigenvalue weighted by atomic mass is 32.2. The highest BCUT2D eigenvalue weighted by Crippen LogP contribution is 2.23. The molecule has 0 fully saturated rings. The lowest BCUT2D eigenvalue weighted by molar-refractivity contribution is 0.598. The quantitative estimate of drug-likeness (QED) is 0.845. The van der Waals surface area contributed by atoms with Crippen molar-refractivity contribution in [3.63, 3.8) is 0 Å². The zero-order chi connectivity index (χ0) is 11.3. The van der Waals surface area contributed by atoms with Crippen LogP contribution in [-0.4, -0.2) is 16.5 Å². The molecular formula is C12H21NS2. The van der Waals surface area contributed by atoms with Gasteiger partial charge < -0.3 is 5.32 Å². The van der Waals surface area contributed by atoms with Crippen molar-refractivity contribution in [1.29, 1.82) is 0 Å². The van der Waals surface area contributed by atoms with Crippen molar-refractivity contribution in [1.82, 2.24) is 5.32 Å². The molecule has 0 aliphatic heterocycles. The fourth-order valence-electron chi connectivity index (χ4n) is 1.12. The van der Waals surface area contributed by atoms with E-state index >= 15 is 0 Å². The van der Waals surface area contributed by atoms with E-state index in [1.807, 2.05) is 23.1 Å². The molecular weight excluding hydrogens is 222 g/mol. The summed E-state index contributed by atoms with van der Waals surface area (Å²) in [6.45, 7) is 10.1. The second-order valence-electron chi connectivity index (χ2n) is 4.78. The van der Waals surface area contributed by atoms with Crippen LogP contribution >= 0.6 is 23.1 Å². The van der Waals surface area contributed by atoms with Crippen LogP contribution in [0.25, 0.3) is 0 Å². The van der Waals surface area contributed by atoms with Crippen molar-refractivity contribution in [2.75, 3.05) is 5.75 Å². The minimum absolute atomic E-state index is 0.374. The summed E-state index contributed by atoms with van der Waals surface area (Å²) in [5.74, 6) is 1.18. The Labute approximate surface area is 102 Å². The molecule has 15 heavy (non-hydrogen) atoms. The van der Waals surface area contributed by atoms with Gasteiger partial charge in [0.05, 0.1) is 0 Å². The summed E-state index contributed by atoms with van der Waals surface area (Å²) >= 11 is 3.84. The van der Waals surface area contributed by atoms with Gasteiger partial charge in [-0.2, -0.15) is 11.8 Å². The maximum absolute atomic E-state index is 3.55. The largest absolute Gasteiger partial charge is 0.309 e. The summed E-state index contributed by atoms with van der Waals surface area (Å²) in [7, 11) is 0. The third-order valence-corrected chi connectivity index (χ3v) is 4.38. The lowest BCUT2D eigenvalue weighted by Crippen LogP contribution is -2.29. The Morgan fingerprint density at radius 2 is 2.20 bits per heavy atom. The highest BCUT2D eigenvalue weighted by Gasteiger charge is 2.12. The van der Waals surface area contributed by atoms with E-state index in [1.54, 1.807) is 0 Å². The summed E-state index contributed by atoms with van der Waals surface area (Å²) in [5.41, 5.74) is 0. The molecule has 1 unspecified atom stereocenters. The number of nitrogens with one attached hydrogen (secondary N) is 1. The second kappa shape index (κ2) is 5.92. The number of thioether (sulfide) groups is 1. The van der Waals surface area contributed by atoms with E-state index in [9.17, 15) is 0 Å². The molecule has 0 aliphatic rings. The normalized spacial score (nSPS) is 14.1. The average Bonchev–Trinajstić information content (AvgIpc) is 2.62. The van der Waals surface area contributed by atoms with Gasteiger partial charge in [0.1, 0.15) is 0 Å². The third kappa shape index (κ3) is 6.23. The molecule has 0 bridgehead atoms. The number of hydrogen-bond donors (Lipinski definition) is 1. The minimum atomic E-state index is 0.374. The van der Waals surface area contributed by atoms with Crippen molar-refractivity contribution in [2.45, 2.75) is 45.0 Å². The van der Waals surface area contributed by atoms with Crippen molar-refractivity contribution >= 4 is 23.1 Å². The first-order valence-electron chi connectivity index (χ1n) is 5.37. The van der Waals surface area contributed by atoms with Crippen molar-refractivity contribution < 1.29 is 0 Å². The van der Waals surface area contributed by atoms with Gasteiger partial charge >= 0.3 is 0 Å². The fourth-order valence-corrected chi connectivity index (χ4v) is 2.65. The molecule has 1 heterocycles. The Kier molecular flexibility index (Phi) is 5.16. The van der Waals surface area contributed by atoms with Gasteiger partial charge in [-0.05, 0) is 18.4 Å². The predicted octanol–water partition coefficient (Wildman–Crippen LogP) is 3.76. The first-order valence-corrected chi connectivity index (χ1v) is 7.23. The lowest BCUT2D eigenvalue weighted by Gasteiger charge is -2.21. The van der Waals surface area contributed by atoms with Crippen LogP contribution in [-0.2, 0) is 6.54 Å². The van der Waals surface area contributed by atoms with Gasteiger partial charge in [0.15, 0.2) is 0 Å². The maximum Gasteiger partial charge on any atom is 0.0302 e. The molecule has 0 aromatic carbocycles.